The summed E-state index contributed by atoms with van der Waals surface area (Å²) in [5.74, 6) is 1.12. The fourth-order valence-electron chi connectivity index (χ4n) is 3.54. The molecule has 8 heteroatoms. The molecule has 0 atom stereocenters. The minimum atomic E-state index is -4.75. The number of ether oxygens (including phenoxy) is 1. The smallest absolute Gasteiger partial charge is 0.406 e. The molecule has 2 N–H and O–H groups in total. The predicted octanol–water partition coefficient (Wildman–Crippen LogP) is 6.79. The average Bonchev–Trinajstić information content (AvgIpc) is 3.50. The Labute approximate surface area is 185 Å². The van der Waals surface area contributed by atoms with E-state index in [0.717, 1.165) is 18.5 Å². The summed E-state index contributed by atoms with van der Waals surface area (Å²) in [6.07, 6.45) is -2.67. The van der Waals surface area contributed by atoms with Crippen molar-refractivity contribution in [3.8, 4) is 17.0 Å². The zero-order chi connectivity index (χ0) is 22.9. The summed E-state index contributed by atoms with van der Waals surface area (Å²) in [7, 11) is 0. The van der Waals surface area contributed by atoms with Gasteiger partial charge in [0.05, 0.1) is 5.69 Å². The minimum Gasteiger partial charge on any atom is -0.406 e. The van der Waals surface area contributed by atoms with Gasteiger partial charge in [-0.2, -0.15) is 4.98 Å². The standard InChI is InChI=1S/C24H25F3N4O/c1-14(2)20-10-9-18(11-15(20)3)28-22-13-21(30-23(31-22)29-17-7-8-17)16-5-4-6-19(12-16)32-24(25,26)27/h4-6,9-14,17H,7-8H2,1-3H3,(H2,28,29,30,31). The maximum Gasteiger partial charge on any atom is 0.573 e. The molecule has 0 aliphatic heterocycles. The predicted molar refractivity (Wildman–Crippen MR) is 119 cm³/mol. The van der Waals surface area contributed by atoms with Gasteiger partial charge in [-0.25, -0.2) is 4.98 Å². The van der Waals surface area contributed by atoms with Crippen molar-refractivity contribution in [2.75, 3.05) is 10.6 Å². The number of hydrogen-bond acceptors (Lipinski definition) is 5. The number of aromatic nitrogens is 2. The second-order valence-electron chi connectivity index (χ2n) is 8.31. The molecule has 0 unspecified atom stereocenters. The van der Waals surface area contributed by atoms with Crippen molar-refractivity contribution in [3.05, 3.63) is 59.7 Å². The van der Waals surface area contributed by atoms with Gasteiger partial charge >= 0.3 is 6.36 Å². The van der Waals surface area contributed by atoms with E-state index in [1.165, 1.54) is 29.3 Å². The third-order valence-electron chi connectivity index (χ3n) is 5.16. The van der Waals surface area contributed by atoms with Gasteiger partial charge in [-0.15, -0.1) is 13.2 Å². The monoisotopic (exact) mass is 442 g/mol. The molecule has 1 aromatic heterocycles. The molecule has 1 heterocycles. The van der Waals surface area contributed by atoms with Gasteiger partial charge in [0.15, 0.2) is 0 Å². The van der Waals surface area contributed by atoms with E-state index in [4.69, 9.17) is 0 Å². The summed E-state index contributed by atoms with van der Waals surface area (Å²) < 4.78 is 42.0. The Morgan fingerprint density at radius 3 is 2.47 bits per heavy atom. The Hall–Kier alpha value is -3.29. The molecule has 0 radical (unpaired) electrons. The molecule has 0 spiro atoms. The van der Waals surface area contributed by atoms with Crippen LogP contribution in [-0.2, 0) is 0 Å². The van der Waals surface area contributed by atoms with Crippen LogP contribution in [0.5, 0.6) is 5.75 Å². The fourth-order valence-corrected chi connectivity index (χ4v) is 3.54. The van der Waals surface area contributed by atoms with Crippen LogP contribution in [0.1, 0.15) is 43.7 Å². The van der Waals surface area contributed by atoms with Crippen molar-refractivity contribution >= 4 is 17.5 Å². The zero-order valence-corrected chi connectivity index (χ0v) is 18.1. The molecule has 32 heavy (non-hydrogen) atoms. The maximum absolute atomic E-state index is 12.6. The summed E-state index contributed by atoms with van der Waals surface area (Å²) in [6, 6.07) is 14.0. The molecule has 0 bridgehead atoms. The first kappa shape index (κ1) is 21.9. The first-order chi connectivity index (χ1) is 15.2. The number of rotatable bonds is 7. The second kappa shape index (κ2) is 8.68. The Kier molecular flexibility index (Phi) is 5.95. The molecule has 168 valence electrons. The van der Waals surface area contributed by atoms with Crippen LogP contribution in [0.4, 0.5) is 30.6 Å². The third kappa shape index (κ3) is 5.69. The van der Waals surface area contributed by atoms with E-state index in [-0.39, 0.29) is 5.75 Å². The van der Waals surface area contributed by atoms with Crippen LogP contribution >= 0.6 is 0 Å². The van der Waals surface area contributed by atoms with E-state index in [1.54, 1.807) is 12.1 Å². The van der Waals surface area contributed by atoms with Gasteiger partial charge in [-0.1, -0.05) is 32.0 Å². The van der Waals surface area contributed by atoms with Crippen molar-refractivity contribution in [2.45, 2.75) is 51.9 Å². The summed E-state index contributed by atoms with van der Waals surface area (Å²) in [4.78, 5) is 9.08. The molecule has 4 rings (SSSR count). The minimum absolute atomic E-state index is 0.292. The highest BCUT2D eigenvalue weighted by Gasteiger charge is 2.31. The summed E-state index contributed by atoms with van der Waals surface area (Å²) in [5.41, 5.74) is 4.32. The van der Waals surface area contributed by atoms with E-state index < -0.39 is 6.36 Å². The van der Waals surface area contributed by atoms with Gasteiger partial charge in [-0.05, 0) is 61.1 Å². The Bertz CT molecular complexity index is 1110. The van der Waals surface area contributed by atoms with Crippen molar-refractivity contribution in [1.29, 1.82) is 0 Å². The third-order valence-corrected chi connectivity index (χ3v) is 5.16. The topological polar surface area (TPSA) is 59.1 Å². The van der Waals surface area contributed by atoms with Gasteiger partial charge in [0, 0.05) is 23.4 Å². The van der Waals surface area contributed by atoms with Crippen LogP contribution in [0, 0.1) is 6.92 Å². The van der Waals surface area contributed by atoms with E-state index >= 15 is 0 Å². The van der Waals surface area contributed by atoms with Crippen molar-refractivity contribution < 1.29 is 17.9 Å². The Morgan fingerprint density at radius 2 is 1.81 bits per heavy atom. The van der Waals surface area contributed by atoms with Gasteiger partial charge in [0.25, 0.3) is 0 Å². The van der Waals surface area contributed by atoms with Crippen molar-refractivity contribution in [1.82, 2.24) is 9.97 Å². The zero-order valence-electron chi connectivity index (χ0n) is 18.1. The number of nitrogens with zero attached hydrogens (tertiary/aromatic N) is 2. The summed E-state index contributed by atoms with van der Waals surface area (Å²) in [5, 5.41) is 6.57. The number of alkyl halides is 3. The van der Waals surface area contributed by atoms with E-state index in [1.807, 2.05) is 6.07 Å². The SMILES string of the molecule is Cc1cc(Nc2cc(-c3cccc(OC(F)(F)F)c3)nc(NC3CC3)n2)ccc1C(C)C. The molecular formula is C24H25F3N4O. The lowest BCUT2D eigenvalue weighted by Gasteiger charge is -2.14. The fraction of sp³-hybridized carbons (Fsp3) is 0.333. The van der Waals surface area contributed by atoms with Gasteiger partial charge in [0.2, 0.25) is 5.95 Å². The highest BCUT2D eigenvalue weighted by atomic mass is 19.4. The van der Waals surface area contributed by atoms with E-state index in [2.05, 4.69) is 58.2 Å². The Balaban J connectivity index is 1.66. The molecule has 1 saturated carbocycles. The first-order valence-corrected chi connectivity index (χ1v) is 10.6. The number of halogens is 3. The number of nitrogens with one attached hydrogen (secondary N) is 2. The van der Waals surface area contributed by atoms with Crippen LogP contribution in [0.2, 0.25) is 0 Å². The number of hydrogen-bond donors (Lipinski definition) is 2. The number of benzene rings is 2. The molecule has 0 amide bonds. The van der Waals surface area contributed by atoms with Gasteiger partial charge < -0.3 is 15.4 Å². The lowest BCUT2D eigenvalue weighted by Crippen LogP contribution is -2.17. The molecule has 3 aromatic rings. The highest BCUT2D eigenvalue weighted by molar-refractivity contribution is 5.69. The summed E-state index contributed by atoms with van der Waals surface area (Å²) >= 11 is 0. The van der Waals surface area contributed by atoms with Crippen LogP contribution in [0.25, 0.3) is 11.3 Å². The lowest BCUT2D eigenvalue weighted by atomic mass is 9.98. The molecule has 1 fully saturated rings. The maximum atomic E-state index is 12.6. The molecule has 2 aromatic carbocycles. The molecular weight excluding hydrogens is 417 g/mol. The van der Waals surface area contributed by atoms with E-state index in [9.17, 15) is 13.2 Å². The van der Waals surface area contributed by atoms with Crippen molar-refractivity contribution in [2.24, 2.45) is 0 Å². The highest BCUT2D eigenvalue weighted by Crippen LogP contribution is 2.31. The van der Waals surface area contributed by atoms with Crippen LogP contribution < -0.4 is 15.4 Å². The quantitative estimate of drug-likeness (QED) is 0.422. The largest absolute Gasteiger partial charge is 0.573 e. The van der Waals surface area contributed by atoms with Crippen molar-refractivity contribution in [3.63, 3.8) is 0 Å². The number of anilines is 3. The van der Waals surface area contributed by atoms with E-state index in [0.29, 0.717) is 35.0 Å². The first-order valence-electron chi connectivity index (χ1n) is 10.6. The van der Waals surface area contributed by atoms with Crippen LogP contribution in [0.15, 0.2) is 48.5 Å². The van der Waals surface area contributed by atoms with Gasteiger partial charge in [0.1, 0.15) is 11.6 Å². The second-order valence-corrected chi connectivity index (χ2v) is 8.31. The number of aryl methyl sites for hydroxylation is 1. The summed E-state index contributed by atoms with van der Waals surface area (Å²) in [6.45, 7) is 6.37. The molecule has 1 aliphatic carbocycles. The Morgan fingerprint density at radius 1 is 1.03 bits per heavy atom. The average molecular weight is 442 g/mol. The molecule has 0 saturated heterocycles. The van der Waals surface area contributed by atoms with Crippen LogP contribution in [0.3, 0.4) is 0 Å². The molecule has 5 nitrogen and oxygen atoms in total. The van der Waals surface area contributed by atoms with Gasteiger partial charge in [-0.3, -0.25) is 0 Å². The molecule has 1 aliphatic rings. The van der Waals surface area contributed by atoms with Crippen LogP contribution in [-0.4, -0.2) is 22.4 Å². The normalized spacial score (nSPS) is 13.8. The lowest BCUT2D eigenvalue weighted by molar-refractivity contribution is -0.274.